The average Bonchev–Trinajstić information content (AvgIpc) is 3.47. The molecule has 0 spiro atoms. The Morgan fingerprint density at radius 2 is 1.32 bits per heavy atom. The maximum Gasteiger partial charge on any atom is 0.180 e. The Morgan fingerprint density at radius 3 is 2.06 bits per heavy atom. The summed E-state index contributed by atoms with van der Waals surface area (Å²) < 4.78 is 0. The fourth-order valence-corrected chi connectivity index (χ4v) is 10.9. The van der Waals surface area contributed by atoms with Crippen molar-refractivity contribution in [1.82, 2.24) is 0 Å². The van der Waals surface area contributed by atoms with E-state index in [0.29, 0.717) is 5.92 Å². The van der Waals surface area contributed by atoms with Gasteiger partial charge in [0.15, 0.2) is 8.07 Å². The van der Waals surface area contributed by atoms with Crippen molar-refractivity contribution in [1.29, 1.82) is 0 Å². The first-order chi connectivity index (χ1) is 15.4. The molecule has 0 fully saturated rings. The lowest BCUT2D eigenvalue weighted by molar-refractivity contribution is 1.02. The minimum Gasteiger partial charge on any atom is -0.0791 e. The number of allylic oxidation sites excluding steroid dienone is 9. The van der Waals surface area contributed by atoms with E-state index in [1.165, 1.54) is 37.5 Å². The molecular formula is C30H24Si. The monoisotopic (exact) mass is 412 g/mol. The van der Waals surface area contributed by atoms with Crippen molar-refractivity contribution < 1.29 is 0 Å². The number of fused-ring (bicyclic) bond motifs is 2. The minimum atomic E-state index is -2.47. The lowest BCUT2D eigenvalue weighted by atomic mass is 9.98. The Balaban J connectivity index is 1.74. The van der Waals surface area contributed by atoms with Crippen molar-refractivity contribution in [3.63, 3.8) is 0 Å². The van der Waals surface area contributed by atoms with Crippen LogP contribution in [0.15, 0.2) is 138 Å². The Morgan fingerprint density at radius 1 is 0.645 bits per heavy atom. The Hall–Kier alpha value is -3.42. The van der Waals surface area contributed by atoms with Crippen molar-refractivity contribution in [2.24, 2.45) is 5.92 Å². The second kappa shape index (κ2) is 7.37. The maximum atomic E-state index is 2.52. The molecule has 3 aliphatic rings. The smallest absolute Gasteiger partial charge is 0.0791 e. The highest BCUT2D eigenvalue weighted by molar-refractivity contribution is 7.20. The SMILES string of the molecule is C1=CC2=C([Si](C3=CCc4ccccc43)(c3ccccc3)c3ccccc3)C=CC2C=C1. The van der Waals surface area contributed by atoms with Gasteiger partial charge in [-0.05, 0) is 43.9 Å². The van der Waals surface area contributed by atoms with Crippen LogP contribution in [0.4, 0.5) is 0 Å². The average molecular weight is 413 g/mol. The van der Waals surface area contributed by atoms with Crippen LogP contribution >= 0.6 is 0 Å². The van der Waals surface area contributed by atoms with Crippen LogP contribution in [0.5, 0.6) is 0 Å². The van der Waals surface area contributed by atoms with E-state index in [2.05, 4.69) is 127 Å². The minimum absolute atomic E-state index is 0.386. The molecule has 0 saturated carbocycles. The van der Waals surface area contributed by atoms with Crippen molar-refractivity contribution in [3.8, 4) is 0 Å². The van der Waals surface area contributed by atoms with Gasteiger partial charge < -0.3 is 0 Å². The fraction of sp³-hybridized carbons (Fsp3) is 0.0667. The highest BCUT2D eigenvalue weighted by Crippen LogP contribution is 2.43. The van der Waals surface area contributed by atoms with Crippen LogP contribution in [-0.4, -0.2) is 8.07 Å². The molecule has 0 saturated heterocycles. The number of hydrogen-bond donors (Lipinski definition) is 0. The maximum absolute atomic E-state index is 2.52. The quantitative estimate of drug-likeness (QED) is 0.491. The van der Waals surface area contributed by atoms with E-state index in [4.69, 9.17) is 0 Å². The molecule has 3 aromatic carbocycles. The summed E-state index contributed by atoms with van der Waals surface area (Å²) in [4.78, 5) is 0. The second-order valence-electron chi connectivity index (χ2n) is 8.46. The predicted octanol–water partition coefficient (Wildman–Crippen LogP) is 5.58. The molecule has 0 heterocycles. The number of benzene rings is 3. The molecule has 0 aliphatic heterocycles. The molecular weight excluding hydrogens is 388 g/mol. The molecule has 148 valence electrons. The molecule has 0 bridgehead atoms. The molecule has 1 unspecified atom stereocenters. The summed E-state index contributed by atoms with van der Waals surface area (Å²) in [6.07, 6.45) is 17.4. The van der Waals surface area contributed by atoms with Gasteiger partial charge in [0.2, 0.25) is 0 Å². The molecule has 0 amide bonds. The van der Waals surface area contributed by atoms with Gasteiger partial charge in [-0.3, -0.25) is 0 Å². The van der Waals surface area contributed by atoms with Gasteiger partial charge in [0.05, 0.1) is 0 Å². The number of rotatable bonds is 4. The molecule has 0 nitrogen and oxygen atoms in total. The zero-order valence-corrected chi connectivity index (χ0v) is 18.4. The van der Waals surface area contributed by atoms with Crippen molar-refractivity contribution in [3.05, 3.63) is 149 Å². The molecule has 0 N–H and O–H groups in total. The Bertz CT molecular complexity index is 1250. The third kappa shape index (κ3) is 2.74. The predicted molar refractivity (Wildman–Crippen MR) is 134 cm³/mol. The first-order valence-corrected chi connectivity index (χ1v) is 13.1. The topological polar surface area (TPSA) is 0 Å². The normalized spacial score (nSPS) is 18.8. The first kappa shape index (κ1) is 18.4. The van der Waals surface area contributed by atoms with Crippen LogP contribution in [0, 0.1) is 5.92 Å². The summed E-state index contributed by atoms with van der Waals surface area (Å²) in [5.74, 6) is 0.386. The summed E-state index contributed by atoms with van der Waals surface area (Å²) in [5.41, 5.74) is 4.35. The first-order valence-electron chi connectivity index (χ1n) is 11.1. The van der Waals surface area contributed by atoms with Gasteiger partial charge in [-0.2, -0.15) is 0 Å². The van der Waals surface area contributed by atoms with Gasteiger partial charge >= 0.3 is 0 Å². The van der Waals surface area contributed by atoms with E-state index in [1.54, 1.807) is 0 Å². The van der Waals surface area contributed by atoms with Gasteiger partial charge in [-0.1, -0.05) is 127 Å². The molecule has 0 radical (unpaired) electrons. The Labute approximate surface area is 185 Å². The van der Waals surface area contributed by atoms with Gasteiger partial charge in [-0.15, -0.1) is 0 Å². The summed E-state index contributed by atoms with van der Waals surface area (Å²) in [6, 6.07) is 31.5. The van der Waals surface area contributed by atoms with Gasteiger partial charge in [0.1, 0.15) is 0 Å². The van der Waals surface area contributed by atoms with Crippen molar-refractivity contribution in [2.75, 3.05) is 0 Å². The molecule has 1 atom stereocenters. The zero-order chi connectivity index (χ0) is 20.7. The van der Waals surface area contributed by atoms with E-state index < -0.39 is 8.07 Å². The third-order valence-electron chi connectivity index (χ3n) is 6.90. The van der Waals surface area contributed by atoms with Crippen LogP contribution in [0.3, 0.4) is 0 Å². The molecule has 3 aromatic rings. The molecule has 31 heavy (non-hydrogen) atoms. The van der Waals surface area contributed by atoms with Gasteiger partial charge in [0, 0.05) is 5.92 Å². The number of hydrogen-bond acceptors (Lipinski definition) is 0. The molecule has 3 aliphatic carbocycles. The van der Waals surface area contributed by atoms with Crippen LogP contribution in [0.25, 0.3) is 5.20 Å². The standard InChI is InChI=1S/C30H24Si/c1-3-13-25(14-4-1)31(26-15-5-2-6-16-26,29-21-19-23-11-7-9-17-27(23)29)30-22-20-24-12-8-10-18-28(24)30/h1-19,21-23H,20H2. The van der Waals surface area contributed by atoms with E-state index >= 15 is 0 Å². The molecule has 1 heteroatoms. The van der Waals surface area contributed by atoms with Crippen molar-refractivity contribution >= 4 is 23.6 Å². The Kier molecular flexibility index (Phi) is 4.36. The van der Waals surface area contributed by atoms with E-state index in [1.807, 2.05) is 0 Å². The van der Waals surface area contributed by atoms with Crippen LogP contribution < -0.4 is 10.4 Å². The third-order valence-corrected chi connectivity index (χ3v) is 11.8. The van der Waals surface area contributed by atoms with Crippen molar-refractivity contribution in [2.45, 2.75) is 6.42 Å². The second-order valence-corrected chi connectivity index (χ2v) is 12.2. The fourth-order valence-electron chi connectivity index (χ4n) is 5.58. The largest absolute Gasteiger partial charge is 0.180 e. The van der Waals surface area contributed by atoms with Gasteiger partial charge in [0.25, 0.3) is 0 Å². The van der Waals surface area contributed by atoms with E-state index in [0.717, 1.165) is 6.42 Å². The van der Waals surface area contributed by atoms with Crippen LogP contribution in [-0.2, 0) is 6.42 Å². The van der Waals surface area contributed by atoms with E-state index in [9.17, 15) is 0 Å². The van der Waals surface area contributed by atoms with Crippen LogP contribution in [0.2, 0.25) is 0 Å². The zero-order valence-electron chi connectivity index (χ0n) is 17.4. The summed E-state index contributed by atoms with van der Waals surface area (Å²) in [6.45, 7) is 0. The van der Waals surface area contributed by atoms with Gasteiger partial charge in [-0.25, -0.2) is 0 Å². The lowest BCUT2D eigenvalue weighted by Crippen LogP contribution is -2.61. The summed E-state index contributed by atoms with van der Waals surface area (Å²) in [7, 11) is -2.47. The molecule has 0 aromatic heterocycles. The highest BCUT2D eigenvalue weighted by atomic mass is 28.3. The lowest BCUT2D eigenvalue weighted by Gasteiger charge is -2.37. The molecule has 6 rings (SSSR count). The van der Waals surface area contributed by atoms with Crippen LogP contribution in [0.1, 0.15) is 11.1 Å². The summed E-state index contributed by atoms with van der Waals surface area (Å²) in [5, 5.41) is 5.98. The summed E-state index contributed by atoms with van der Waals surface area (Å²) >= 11 is 0. The van der Waals surface area contributed by atoms with E-state index in [-0.39, 0.29) is 0 Å². The highest BCUT2D eigenvalue weighted by Gasteiger charge is 2.48.